The molecule has 0 radical (unpaired) electrons. The predicted octanol–water partition coefficient (Wildman–Crippen LogP) is 5.90. The number of phenols is 3. The first-order chi connectivity index (χ1) is 16.7. The lowest BCUT2D eigenvalue weighted by Gasteiger charge is -2.01. The zero-order valence-electron chi connectivity index (χ0n) is 19.6. The molecule has 0 unspecified atom stereocenters. The number of carboxylic acid groups (broad SMARTS) is 1. The fourth-order valence-electron chi connectivity index (χ4n) is 3.39. The maximum Gasteiger partial charge on any atom is 0.339 e. The van der Waals surface area contributed by atoms with Crippen LogP contribution in [0.5, 0.6) is 17.2 Å². The average Bonchev–Trinajstić information content (AvgIpc) is 2.81. The molecule has 0 aliphatic rings. The van der Waals surface area contributed by atoms with Gasteiger partial charge in [-0.05, 0) is 56.7 Å². The Balaban J connectivity index is 0.000000147. The molecule has 3 aromatic carbocycles. The maximum atomic E-state index is 10.5. The lowest BCUT2D eigenvalue weighted by molar-refractivity contribution is 0.0693. The van der Waals surface area contributed by atoms with Gasteiger partial charge in [-0.25, -0.2) is 14.8 Å². The molecule has 4 N–H and O–H groups in total. The number of hydrogen-bond acceptors (Lipinski definition) is 6. The number of aromatic hydroxyl groups is 3. The molecule has 2 aromatic heterocycles. The van der Waals surface area contributed by atoms with Crippen molar-refractivity contribution < 1.29 is 25.2 Å². The molecule has 0 amide bonds. The highest BCUT2D eigenvalue weighted by atomic mass is 16.4. The van der Waals surface area contributed by atoms with E-state index in [0.29, 0.717) is 16.6 Å². The van der Waals surface area contributed by atoms with Crippen molar-refractivity contribution in [3.63, 3.8) is 0 Å². The average molecular weight is 471 g/mol. The summed E-state index contributed by atoms with van der Waals surface area (Å²) < 4.78 is 0. The highest BCUT2D eigenvalue weighted by molar-refractivity contribution is 5.92. The Bertz CT molecular complexity index is 1390. The molecule has 0 saturated heterocycles. The number of carboxylic acids is 1. The molecule has 7 nitrogen and oxygen atoms in total. The molecule has 0 bridgehead atoms. The molecule has 0 fully saturated rings. The molecule has 7 heteroatoms. The van der Waals surface area contributed by atoms with Gasteiger partial charge in [0.2, 0.25) is 0 Å². The number of carbonyl (C=O) groups is 1. The van der Waals surface area contributed by atoms with Crippen molar-refractivity contribution in [1.29, 1.82) is 0 Å². The van der Waals surface area contributed by atoms with E-state index in [1.807, 2.05) is 62.4 Å². The molecule has 178 valence electrons. The highest BCUT2D eigenvalue weighted by Gasteiger charge is 2.10. The molecule has 0 atom stereocenters. The fourth-order valence-corrected chi connectivity index (χ4v) is 3.39. The van der Waals surface area contributed by atoms with Crippen LogP contribution in [0, 0.1) is 20.8 Å². The Morgan fingerprint density at radius 1 is 0.600 bits per heavy atom. The number of aryl methyl sites for hydroxylation is 3. The van der Waals surface area contributed by atoms with Crippen LogP contribution in [0.15, 0.2) is 78.9 Å². The second kappa shape index (κ2) is 11.0. The highest BCUT2D eigenvalue weighted by Crippen LogP contribution is 2.23. The third kappa shape index (κ3) is 6.23. The van der Waals surface area contributed by atoms with Crippen molar-refractivity contribution in [3.8, 4) is 17.2 Å². The Morgan fingerprint density at radius 2 is 1.03 bits per heavy atom. The monoisotopic (exact) mass is 470 g/mol. The molecule has 35 heavy (non-hydrogen) atoms. The van der Waals surface area contributed by atoms with Crippen LogP contribution in [0.25, 0.3) is 21.8 Å². The maximum absolute atomic E-state index is 10.5. The number of benzene rings is 3. The number of hydrogen-bond donors (Lipinski definition) is 4. The third-order valence-electron chi connectivity index (χ3n) is 5.14. The van der Waals surface area contributed by atoms with Crippen molar-refractivity contribution in [1.82, 2.24) is 9.97 Å². The van der Waals surface area contributed by atoms with Crippen molar-refractivity contribution >= 4 is 27.8 Å². The normalized spacial score (nSPS) is 10.1. The summed E-state index contributed by atoms with van der Waals surface area (Å²) in [6.07, 6.45) is 0. The Labute approximate surface area is 202 Å². The van der Waals surface area contributed by atoms with Gasteiger partial charge in [0.1, 0.15) is 33.8 Å². The van der Waals surface area contributed by atoms with Crippen molar-refractivity contribution in [2.24, 2.45) is 0 Å². The van der Waals surface area contributed by atoms with Gasteiger partial charge in [0.15, 0.2) is 0 Å². The molecule has 2 heterocycles. The number of para-hydroxylation sites is 2. The van der Waals surface area contributed by atoms with Crippen LogP contribution in [0.1, 0.15) is 27.3 Å². The summed E-state index contributed by atoms with van der Waals surface area (Å²) in [5, 5.41) is 38.5. The van der Waals surface area contributed by atoms with E-state index in [-0.39, 0.29) is 22.8 Å². The zero-order valence-corrected chi connectivity index (χ0v) is 19.6. The standard InChI is InChI=1S/2C10H9NO.C8H8O3/c2*1-7-5-6-8-3-2-4-9(12)10(8)11-7;1-5-3-2-4-6(9)7(5)8(10)11/h2*2-6,12H,1H3;2-4,9H,1H3,(H,10,11). The Hall–Kier alpha value is -4.65. The predicted molar refractivity (Wildman–Crippen MR) is 136 cm³/mol. The van der Waals surface area contributed by atoms with Crippen molar-refractivity contribution in [2.75, 3.05) is 0 Å². The van der Waals surface area contributed by atoms with Crippen LogP contribution in [-0.4, -0.2) is 36.4 Å². The summed E-state index contributed by atoms with van der Waals surface area (Å²) in [4.78, 5) is 18.9. The third-order valence-corrected chi connectivity index (χ3v) is 5.14. The lowest BCUT2D eigenvalue weighted by atomic mass is 10.1. The largest absolute Gasteiger partial charge is 0.507 e. The molecule has 0 saturated carbocycles. The number of fused-ring (bicyclic) bond motifs is 2. The van der Waals surface area contributed by atoms with Crippen LogP contribution in [0.2, 0.25) is 0 Å². The van der Waals surface area contributed by atoms with Crippen LogP contribution >= 0.6 is 0 Å². The number of aromatic nitrogens is 2. The van der Waals surface area contributed by atoms with Crippen LogP contribution < -0.4 is 0 Å². The quantitative estimate of drug-likeness (QED) is 0.241. The first-order valence-electron chi connectivity index (χ1n) is 10.8. The van der Waals surface area contributed by atoms with E-state index >= 15 is 0 Å². The second-order valence-corrected chi connectivity index (χ2v) is 7.88. The van der Waals surface area contributed by atoms with E-state index in [2.05, 4.69) is 9.97 Å². The Kier molecular flexibility index (Phi) is 7.84. The van der Waals surface area contributed by atoms with Crippen LogP contribution in [0.4, 0.5) is 0 Å². The van der Waals surface area contributed by atoms with Gasteiger partial charge in [0.25, 0.3) is 0 Å². The van der Waals surface area contributed by atoms with Crippen LogP contribution in [-0.2, 0) is 0 Å². The lowest BCUT2D eigenvalue weighted by Crippen LogP contribution is -1.99. The van der Waals surface area contributed by atoms with Gasteiger partial charge >= 0.3 is 5.97 Å². The van der Waals surface area contributed by atoms with Crippen LogP contribution in [0.3, 0.4) is 0 Å². The molecular weight excluding hydrogens is 444 g/mol. The van der Waals surface area contributed by atoms with E-state index in [9.17, 15) is 15.0 Å². The van der Waals surface area contributed by atoms with Gasteiger partial charge in [-0.3, -0.25) is 0 Å². The molecule has 5 rings (SSSR count). The molecular formula is C28H26N2O5. The van der Waals surface area contributed by atoms with E-state index in [0.717, 1.165) is 22.2 Å². The smallest absolute Gasteiger partial charge is 0.339 e. The minimum absolute atomic E-state index is 0.0208. The van der Waals surface area contributed by atoms with Crippen molar-refractivity contribution in [3.05, 3.63) is 101 Å². The van der Waals surface area contributed by atoms with Gasteiger partial charge in [-0.2, -0.15) is 0 Å². The van der Waals surface area contributed by atoms with Gasteiger partial charge in [0, 0.05) is 22.2 Å². The molecule has 0 spiro atoms. The SMILES string of the molecule is Cc1ccc2cccc(O)c2n1.Cc1ccc2cccc(O)c2n1.Cc1cccc(O)c1C(=O)O. The minimum Gasteiger partial charge on any atom is -0.507 e. The summed E-state index contributed by atoms with van der Waals surface area (Å²) in [5.74, 6) is -0.787. The number of pyridine rings is 2. The number of aromatic carboxylic acids is 1. The molecule has 5 aromatic rings. The molecule has 0 aliphatic heterocycles. The Morgan fingerprint density at radius 3 is 1.43 bits per heavy atom. The zero-order chi connectivity index (χ0) is 25.5. The second-order valence-electron chi connectivity index (χ2n) is 7.88. The topological polar surface area (TPSA) is 124 Å². The summed E-state index contributed by atoms with van der Waals surface area (Å²) >= 11 is 0. The van der Waals surface area contributed by atoms with E-state index in [4.69, 9.17) is 10.2 Å². The summed E-state index contributed by atoms with van der Waals surface area (Å²) in [6, 6.07) is 23.2. The first kappa shape index (κ1) is 25.0. The minimum atomic E-state index is -1.10. The fraction of sp³-hybridized carbons (Fsp3) is 0.107. The van der Waals surface area contributed by atoms with E-state index < -0.39 is 5.97 Å². The number of nitrogens with zero attached hydrogens (tertiary/aromatic N) is 2. The summed E-state index contributed by atoms with van der Waals surface area (Å²) in [6.45, 7) is 5.46. The molecule has 0 aliphatic carbocycles. The van der Waals surface area contributed by atoms with Gasteiger partial charge < -0.3 is 20.4 Å². The van der Waals surface area contributed by atoms with Gasteiger partial charge in [-0.1, -0.05) is 48.5 Å². The number of rotatable bonds is 1. The van der Waals surface area contributed by atoms with E-state index in [1.165, 1.54) is 6.07 Å². The number of phenolic OH excluding ortho intramolecular Hbond substituents is 2. The first-order valence-corrected chi connectivity index (χ1v) is 10.8. The summed E-state index contributed by atoms with van der Waals surface area (Å²) in [5.41, 5.74) is 3.74. The van der Waals surface area contributed by atoms with Crippen molar-refractivity contribution in [2.45, 2.75) is 20.8 Å². The van der Waals surface area contributed by atoms with Gasteiger partial charge in [-0.15, -0.1) is 0 Å². The van der Waals surface area contributed by atoms with Gasteiger partial charge in [0.05, 0.1) is 0 Å². The summed E-state index contributed by atoms with van der Waals surface area (Å²) in [7, 11) is 0. The van der Waals surface area contributed by atoms with E-state index in [1.54, 1.807) is 31.2 Å².